The van der Waals surface area contributed by atoms with Gasteiger partial charge in [0.2, 0.25) is 0 Å². The van der Waals surface area contributed by atoms with Gasteiger partial charge in [0.25, 0.3) is 0 Å². The van der Waals surface area contributed by atoms with Crippen LogP contribution in [0.15, 0.2) is 18.2 Å². The highest BCUT2D eigenvalue weighted by Crippen LogP contribution is 2.34. The van der Waals surface area contributed by atoms with Gasteiger partial charge in [-0.05, 0) is 35.6 Å². The number of rotatable bonds is 2. The summed E-state index contributed by atoms with van der Waals surface area (Å²) in [5, 5.41) is 2.00. The Morgan fingerprint density at radius 2 is 2.14 bits per heavy atom. The van der Waals surface area contributed by atoms with Crippen molar-refractivity contribution in [2.45, 2.75) is 19.2 Å². The minimum Gasteiger partial charge on any atom is -0.140 e. The van der Waals surface area contributed by atoms with Crippen LogP contribution in [0.3, 0.4) is 0 Å². The standard InChI is InChI=1S/C11H10Cl2S/c1-2-10-9(6-12)8-5-7(13)3-4-11(8)14-10/h3-5H,2,6H2,1H3. The Bertz CT molecular complexity index is 460. The van der Waals surface area contributed by atoms with E-state index in [1.165, 1.54) is 20.5 Å². The fourth-order valence-electron chi connectivity index (χ4n) is 1.60. The molecular weight excluding hydrogens is 235 g/mol. The van der Waals surface area contributed by atoms with E-state index in [2.05, 4.69) is 13.0 Å². The SMILES string of the molecule is CCc1sc2ccc(Cl)cc2c1CCl. The van der Waals surface area contributed by atoms with E-state index in [0.29, 0.717) is 5.88 Å². The highest BCUT2D eigenvalue weighted by Gasteiger charge is 2.09. The van der Waals surface area contributed by atoms with Crippen molar-refractivity contribution >= 4 is 44.6 Å². The van der Waals surface area contributed by atoms with Gasteiger partial charge in [-0.15, -0.1) is 22.9 Å². The second kappa shape index (κ2) is 4.09. The van der Waals surface area contributed by atoms with Gasteiger partial charge in [-0.2, -0.15) is 0 Å². The van der Waals surface area contributed by atoms with E-state index in [9.17, 15) is 0 Å². The van der Waals surface area contributed by atoms with E-state index in [1.807, 2.05) is 23.5 Å². The molecule has 0 spiro atoms. The van der Waals surface area contributed by atoms with E-state index in [-0.39, 0.29) is 0 Å². The molecule has 0 fully saturated rings. The lowest BCUT2D eigenvalue weighted by Crippen LogP contribution is -1.81. The number of halogens is 2. The number of benzene rings is 1. The Morgan fingerprint density at radius 3 is 2.79 bits per heavy atom. The van der Waals surface area contributed by atoms with Gasteiger partial charge in [-0.3, -0.25) is 0 Å². The molecular formula is C11H10Cl2S. The molecule has 0 radical (unpaired) electrons. The summed E-state index contributed by atoms with van der Waals surface area (Å²) in [6.07, 6.45) is 1.04. The molecule has 0 saturated heterocycles. The van der Waals surface area contributed by atoms with Crippen LogP contribution in [0, 0.1) is 0 Å². The number of aryl methyl sites for hydroxylation is 1. The van der Waals surface area contributed by atoms with Crippen LogP contribution in [0.5, 0.6) is 0 Å². The summed E-state index contributed by atoms with van der Waals surface area (Å²) < 4.78 is 1.28. The fraction of sp³-hybridized carbons (Fsp3) is 0.273. The Morgan fingerprint density at radius 1 is 1.36 bits per heavy atom. The van der Waals surface area contributed by atoms with Crippen LogP contribution in [0.1, 0.15) is 17.4 Å². The molecule has 0 nitrogen and oxygen atoms in total. The molecule has 0 amide bonds. The summed E-state index contributed by atoms with van der Waals surface area (Å²) in [5.74, 6) is 0.573. The summed E-state index contributed by atoms with van der Waals surface area (Å²) in [6.45, 7) is 2.16. The smallest absolute Gasteiger partial charge is 0.0491 e. The van der Waals surface area contributed by atoms with Gasteiger partial charge < -0.3 is 0 Å². The van der Waals surface area contributed by atoms with Gasteiger partial charge in [0, 0.05) is 20.5 Å². The third-order valence-corrected chi connectivity index (χ3v) is 4.15. The number of thiophene rings is 1. The zero-order chi connectivity index (χ0) is 10.1. The van der Waals surface area contributed by atoms with Crippen molar-refractivity contribution < 1.29 is 0 Å². The van der Waals surface area contributed by atoms with Gasteiger partial charge >= 0.3 is 0 Å². The Balaban J connectivity index is 2.74. The number of hydrogen-bond acceptors (Lipinski definition) is 1. The molecule has 0 atom stereocenters. The highest BCUT2D eigenvalue weighted by molar-refractivity contribution is 7.19. The van der Waals surface area contributed by atoms with E-state index in [4.69, 9.17) is 23.2 Å². The van der Waals surface area contributed by atoms with E-state index < -0.39 is 0 Å². The maximum atomic E-state index is 5.96. The summed E-state index contributed by atoms with van der Waals surface area (Å²) in [7, 11) is 0. The molecule has 0 bridgehead atoms. The van der Waals surface area contributed by atoms with Crippen LogP contribution in [0.25, 0.3) is 10.1 Å². The largest absolute Gasteiger partial charge is 0.140 e. The highest BCUT2D eigenvalue weighted by atomic mass is 35.5. The molecule has 0 aliphatic heterocycles. The monoisotopic (exact) mass is 244 g/mol. The number of fused-ring (bicyclic) bond motifs is 1. The van der Waals surface area contributed by atoms with Crippen molar-refractivity contribution in [1.29, 1.82) is 0 Å². The van der Waals surface area contributed by atoms with Gasteiger partial charge in [0.1, 0.15) is 0 Å². The molecule has 0 aliphatic rings. The lowest BCUT2D eigenvalue weighted by atomic mass is 10.1. The molecule has 1 heterocycles. The lowest BCUT2D eigenvalue weighted by molar-refractivity contribution is 1.16. The molecule has 0 unspecified atom stereocenters. The first-order valence-electron chi connectivity index (χ1n) is 4.52. The molecule has 0 saturated carbocycles. The molecule has 74 valence electrons. The van der Waals surface area contributed by atoms with Gasteiger partial charge in [0.15, 0.2) is 0 Å². The first-order valence-corrected chi connectivity index (χ1v) is 6.25. The topological polar surface area (TPSA) is 0 Å². The molecule has 2 aromatic rings. The predicted octanol–water partition coefficient (Wildman–Crippen LogP) is 4.86. The van der Waals surface area contributed by atoms with Crippen molar-refractivity contribution in [3.63, 3.8) is 0 Å². The summed E-state index contributed by atoms with van der Waals surface area (Å²) in [5.41, 5.74) is 1.25. The molecule has 2 rings (SSSR count). The number of hydrogen-bond donors (Lipinski definition) is 0. The van der Waals surface area contributed by atoms with Crippen LogP contribution in [-0.2, 0) is 12.3 Å². The zero-order valence-electron chi connectivity index (χ0n) is 7.81. The van der Waals surface area contributed by atoms with Crippen LogP contribution < -0.4 is 0 Å². The third-order valence-electron chi connectivity index (χ3n) is 2.29. The molecule has 1 aromatic heterocycles. The van der Waals surface area contributed by atoms with Crippen molar-refractivity contribution in [3.05, 3.63) is 33.7 Å². The Hall–Kier alpha value is -0.240. The van der Waals surface area contributed by atoms with Crippen LogP contribution in [0.2, 0.25) is 5.02 Å². The van der Waals surface area contributed by atoms with Crippen molar-refractivity contribution in [2.24, 2.45) is 0 Å². The minimum absolute atomic E-state index is 0.573. The number of alkyl halides is 1. The normalized spacial score (nSPS) is 11.1. The summed E-state index contributed by atoms with van der Waals surface area (Å²) in [6, 6.07) is 6.00. The fourth-order valence-corrected chi connectivity index (χ4v) is 3.30. The van der Waals surface area contributed by atoms with Crippen molar-refractivity contribution in [1.82, 2.24) is 0 Å². The van der Waals surface area contributed by atoms with Crippen LogP contribution >= 0.6 is 34.5 Å². The third kappa shape index (κ3) is 1.65. The lowest BCUT2D eigenvalue weighted by Gasteiger charge is -1.96. The van der Waals surface area contributed by atoms with Crippen LogP contribution in [-0.4, -0.2) is 0 Å². The molecule has 3 heteroatoms. The van der Waals surface area contributed by atoms with E-state index >= 15 is 0 Å². The quantitative estimate of drug-likeness (QED) is 0.663. The van der Waals surface area contributed by atoms with Gasteiger partial charge in [0.05, 0.1) is 0 Å². The van der Waals surface area contributed by atoms with Crippen LogP contribution in [0.4, 0.5) is 0 Å². The Labute approximate surface area is 97.5 Å². The van der Waals surface area contributed by atoms with Crippen molar-refractivity contribution in [3.8, 4) is 0 Å². The Kier molecular flexibility index (Phi) is 3.01. The zero-order valence-corrected chi connectivity index (χ0v) is 10.1. The maximum absolute atomic E-state index is 5.96. The van der Waals surface area contributed by atoms with Gasteiger partial charge in [-0.25, -0.2) is 0 Å². The minimum atomic E-state index is 0.573. The van der Waals surface area contributed by atoms with Gasteiger partial charge in [-0.1, -0.05) is 18.5 Å². The molecule has 0 N–H and O–H groups in total. The molecule has 14 heavy (non-hydrogen) atoms. The first kappa shape index (κ1) is 10.3. The second-order valence-electron chi connectivity index (χ2n) is 3.13. The van der Waals surface area contributed by atoms with E-state index in [0.717, 1.165) is 11.4 Å². The average Bonchev–Trinajstić information content (AvgIpc) is 2.54. The first-order chi connectivity index (χ1) is 6.76. The second-order valence-corrected chi connectivity index (χ2v) is 4.97. The average molecular weight is 245 g/mol. The summed E-state index contributed by atoms with van der Waals surface area (Å²) >= 11 is 13.7. The van der Waals surface area contributed by atoms with E-state index in [1.54, 1.807) is 0 Å². The predicted molar refractivity (Wildman–Crippen MR) is 65.8 cm³/mol. The molecule has 0 aliphatic carbocycles. The van der Waals surface area contributed by atoms with Crippen molar-refractivity contribution in [2.75, 3.05) is 0 Å². The summed E-state index contributed by atoms with van der Waals surface area (Å²) in [4.78, 5) is 1.37. The molecule has 1 aromatic carbocycles. The maximum Gasteiger partial charge on any atom is 0.0491 e.